The summed E-state index contributed by atoms with van der Waals surface area (Å²) in [7, 11) is -22.8. The van der Waals surface area contributed by atoms with Crippen molar-refractivity contribution in [2.24, 2.45) is 7.54 Å². The Morgan fingerprint density at radius 2 is 0.933 bits per heavy atom. The molecule has 2 atom stereocenters. The molecule has 0 aromatic rings. The van der Waals surface area contributed by atoms with Gasteiger partial charge in [0.1, 0.15) is 0 Å². The minimum absolute atomic E-state index is 0. The van der Waals surface area contributed by atoms with Crippen LogP contribution < -0.4 is 51.4 Å². The summed E-state index contributed by atoms with van der Waals surface area (Å²) in [6, 6.07) is 0. The third-order valence-corrected chi connectivity index (χ3v) is 10.9. The van der Waals surface area contributed by atoms with Crippen LogP contribution in [0.25, 0.3) is 4.13 Å². The van der Waals surface area contributed by atoms with Crippen molar-refractivity contribution >= 4 is 39.9 Å². The maximum absolute atomic E-state index is 12.6. The minimum Gasteiger partial charge on any atom is -0.470 e. The van der Waals surface area contributed by atoms with E-state index in [2.05, 4.69) is 11.7 Å². The summed E-state index contributed by atoms with van der Waals surface area (Å²) in [6.45, 7) is 2.87. The van der Waals surface area contributed by atoms with Gasteiger partial charge in [-0.1, -0.05) is 26.7 Å². The number of unbranched alkanes of at least 4 members (excludes halogenated alkanes) is 2. The predicted octanol–water partition coefficient (Wildman–Crippen LogP) is 0.430. The predicted molar refractivity (Wildman–Crippen MR) is 94.0 cm³/mol. The zero-order valence-electron chi connectivity index (χ0n) is 15.9. The molecule has 0 saturated carbocycles. The van der Waals surface area contributed by atoms with Crippen LogP contribution in [0.5, 0.6) is 0 Å². The number of halogens is 6. The maximum Gasteiger partial charge on any atom is 1.00 e. The second-order valence-electron chi connectivity index (χ2n) is 5.39. The van der Waals surface area contributed by atoms with E-state index in [1.54, 1.807) is 0 Å². The summed E-state index contributed by atoms with van der Waals surface area (Å²) in [5, 5.41) is 0. The second kappa shape index (κ2) is 11.9. The molecule has 0 N–H and O–H groups in total. The quantitative estimate of drug-likeness (QED) is 0.282. The van der Waals surface area contributed by atoms with Crippen molar-refractivity contribution in [2.75, 3.05) is 11.5 Å². The van der Waals surface area contributed by atoms with Gasteiger partial charge in [0.15, 0.2) is 0 Å². The molecular formula is C10H18F6KN3O6S4. The molecule has 176 valence electrons. The van der Waals surface area contributed by atoms with Gasteiger partial charge in [0.25, 0.3) is 0 Å². The monoisotopic (exact) mass is 557 g/mol. The van der Waals surface area contributed by atoms with E-state index in [4.69, 9.17) is 0 Å². The molecule has 0 heterocycles. The first-order valence-corrected chi connectivity index (χ1v) is 13.8. The molecule has 0 fully saturated rings. The first kappa shape index (κ1) is 33.2. The fourth-order valence-electron chi connectivity index (χ4n) is 1.41. The number of sulfonamides is 2. The maximum atomic E-state index is 12.6. The zero-order valence-corrected chi connectivity index (χ0v) is 22.3. The summed E-state index contributed by atoms with van der Waals surface area (Å²) in [5.41, 5.74) is -12.0. The van der Waals surface area contributed by atoms with E-state index >= 15 is 0 Å². The van der Waals surface area contributed by atoms with Gasteiger partial charge in [0.2, 0.25) is 0 Å². The van der Waals surface area contributed by atoms with Gasteiger partial charge in [-0.3, -0.25) is 8.42 Å². The van der Waals surface area contributed by atoms with Gasteiger partial charge in [0, 0.05) is 11.5 Å². The molecule has 0 aliphatic carbocycles. The van der Waals surface area contributed by atoms with Crippen molar-refractivity contribution in [3.63, 3.8) is 0 Å². The first-order valence-electron chi connectivity index (χ1n) is 7.63. The Balaban J connectivity index is 0. The van der Waals surface area contributed by atoms with Gasteiger partial charge in [-0.05, 0) is 32.7 Å². The van der Waals surface area contributed by atoms with Crippen molar-refractivity contribution in [2.45, 2.75) is 50.5 Å². The normalized spacial score (nSPS) is 17.3. The number of hydrogen-bond acceptors (Lipinski definition) is 6. The van der Waals surface area contributed by atoms with Crippen LogP contribution in [-0.2, 0) is 39.9 Å². The number of alkyl halides is 6. The van der Waals surface area contributed by atoms with Gasteiger partial charge < -0.3 is 4.13 Å². The number of rotatable bonds is 10. The molecule has 0 bridgehead atoms. The molecule has 0 aromatic carbocycles. The summed E-state index contributed by atoms with van der Waals surface area (Å²) >= 11 is 0. The average Bonchev–Trinajstić information content (AvgIpc) is 2.47. The third-order valence-electron chi connectivity index (χ3n) is 2.77. The van der Waals surface area contributed by atoms with E-state index in [9.17, 15) is 51.6 Å². The fraction of sp³-hybridized carbons (Fsp3) is 1.00. The Hall–Kier alpha value is 0.976. The van der Waals surface area contributed by atoms with E-state index in [0.29, 0.717) is 0 Å². The smallest absolute Gasteiger partial charge is 0.470 e. The van der Waals surface area contributed by atoms with Crippen LogP contribution in [0, 0.1) is 0 Å². The van der Waals surface area contributed by atoms with E-state index < -0.39 is 62.4 Å². The van der Waals surface area contributed by atoms with Gasteiger partial charge >= 0.3 is 82.4 Å². The molecule has 0 saturated heterocycles. The molecule has 9 nitrogen and oxygen atoms in total. The summed E-state index contributed by atoms with van der Waals surface area (Å²) in [6.07, 6.45) is -0.312. The van der Waals surface area contributed by atoms with Crippen LogP contribution in [0.2, 0.25) is 0 Å². The Morgan fingerprint density at radius 3 is 1.13 bits per heavy atom. The van der Waals surface area contributed by atoms with E-state index in [1.807, 2.05) is 0 Å². The van der Waals surface area contributed by atoms with Crippen LogP contribution in [0.4, 0.5) is 26.3 Å². The van der Waals surface area contributed by atoms with Crippen molar-refractivity contribution in [1.29, 1.82) is 0 Å². The van der Waals surface area contributed by atoms with Gasteiger partial charge in [-0.15, -0.1) is 7.54 Å². The number of hydrogen-bond donors (Lipinski definition) is 0. The summed E-state index contributed by atoms with van der Waals surface area (Å²) in [4.78, 5) is 0. The first-order chi connectivity index (χ1) is 12.7. The minimum atomic E-state index is -6.43. The van der Waals surface area contributed by atoms with Gasteiger partial charge in [-0.25, -0.2) is 0 Å². The van der Waals surface area contributed by atoms with Crippen LogP contribution in [0.15, 0.2) is 7.54 Å². The molecular weight excluding hydrogens is 539 g/mol. The van der Waals surface area contributed by atoms with Crippen LogP contribution in [-0.4, -0.2) is 47.8 Å². The van der Waals surface area contributed by atoms with Crippen molar-refractivity contribution in [3.05, 3.63) is 4.13 Å². The molecule has 0 rings (SSSR count). The van der Waals surface area contributed by atoms with Crippen molar-refractivity contribution in [1.82, 2.24) is 0 Å². The van der Waals surface area contributed by atoms with Crippen molar-refractivity contribution in [3.8, 4) is 0 Å². The zero-order chi connectivity index (χ0) is 23.4. The van der Waals surface area contributed by atoms with Crippen molar-refractivity contribution < 1.29 is 103 Å². The molecule has 0 amide bonds. The van der Waals surface area contributed by atoms with Crippen LogP contribution in [0.3, 0.4) is 0 Å². The van der Waals surface area contributed by atoms with Gasteiger partial charge in [-0.2, -0.15) is 43.2 Å². The third kappa shape index (κ3) is 10.3. The number of nitrogens with zero attached hydrogens (tertiary/aromatic N) is 3. The average molecular weight is 558 g/mol. The topological polar surface area (TPSA) is 141 Å². The van der Waals surface area contributed by atoms with E-state index in [-0.39, 0.29) is 77.1 Å². The van der Waals surface area contributed by atoms with Crippen LogP contribution in [0.1, 0.15) is 39.5 Å². The molecule has 0 spiro atoms. The standard InChI is InChI=1S/C10H18F6N3O6S4.K/c1-3-5-7-26(20,18-28(22,23)9(11,12)13)17-27(21,8-6-4-2)19-29(24,25)10(14,15)16;/h3-8H2,1-2H3;/q-1;+1. The Morgan fingerprint density at radius 1 is 0.667 bits per heavy atom. The molecule has 2 unspecified atom stereocenters. The Labute approximate surface area is 214 Å². The fourth-order valence-corrected chi connectivity index (χ4v) is 9.23. The second-order valence-corrected chi connectivity index (χ2v) is 13.3. The van der Waals surface area contributed by atoms with E-state index in [1.165, 1.54) is 13.8 Å². The Kier molecular flexibility index (Phi) is 13.2. The molecule has 0 radical (unpaired) electrons. The molecule has 0 aromatic heterocycles. The summed E-state index contributed by atoms with van der Waals surface area (Å²) in [5.74, 6) is -2.05. The molecule has 0 aliphatic heterocycles. The Bertz CT molecular complexity index is 939. The largest absolute Gasteiger partial charge is 1.00 e. The van der Waals surface area contributed by atoms with Crippen LogP contribution >= 0.6 is 0 Å². The molecule has 30 heavy (non-hydrogen) atoms. The summed E-state index contributed by atoms with van der Waals surface area (Å²) < 4.78 is 152. The molecule has 0 aliphatic rings. The SMILES string of the molecule is CCCCS(=O)(=NS(=O)(=O)C(F)(F)F)[N-]S(=O)(CCCC)=NS(=O)(=O)C(F)(F)F.[K+]. The van der Waals surface area contributed by atoms with E-state index in [0.717, 1.165) is 0 Å². The van der Waals surface area contributed by atoms with Gasteiger partial charge in [0.05, 0.1) is 0 Å². The molecule has 20 heteroatoms.